The molecule has 8 heteroatoms. The largest absolute Gasteiger partial charge is 0.465 e. The highest BCUT2D eigenvalue weighted by Gasteiger charge is 2.15. The summed E-state index contributed by atoms with van der Waals surface area (Å²) in [6, 6.07) is 12.6. The highest BCUT2D eigenvalue weighted by atomic mass is 32.1. The first-order chi connectivity index (χ1) is 12.5. The first kappa shape index (κ1) is 17.7. The fourth-order valence-corrected chi connectivity index (χ4v) is 2.76. The van der Waals surface area contributed by atoms with Crippen LogP contribution in [0.4, 0.5) is 17.2 Å². The summed E-state index contributed by atoms with van der Waals surface area (Å²) in [4.78, 5) is 13.6. The fourth-order valence-electron chi connectivity index (χ4n) is 2.54. The number of benzene rings is 2. The van der Waals surface area contributed by atoms with Crippen molar-refractivity contribution in [3.63, 3.8) is 0 Å². The zero-order chi connectivity index (χ0) is 18.7. The summed E-state index contributed by atoms with van der Waals surface area (Å²) in [5, 5.41) is 11.3. The van der Waals surface area contributed by atoms with Crippen LogP contribution in [-0.4, -0.2) is 37.4 Å². The maximum absolute atomic E-state index is 11.6. The Kier molecular flexibility index (Phi) is 5.04. The fraction of sp³-hybridized carbons (Fsp3) is 0.167. The Morgan fingerprint density at radius 3 is 2.69 bits per heavy atom. The number of hydrogen-bond acceptors (Lipinski definition) is 6. The molecule has 0 spiro atoms. The molecule has 1 aromatic heterocycles. The zero-order valence-electron chi connectivity index (χ0n) is 14.6. The van der Waals surface area contributed by atoms with Gasteiger partial charge < -0.3 is 24.8 Å². The predicted octanol–water partition coefficient (Wildman–Crippen LogP) is 3.49. The second-order valence-corrected chi connectivity index (χ2v) is 6.14. The number of esters is 1. The van der Waals surface area contributed by atoms with Crippen molar-refractivity contribution in [1.29, 1.82) is 0 Å². The minimum absolute atomic E-state index is 0.329. The van der Waals surface area contributed by atoms with E-state index in [1.807, 2.05) is 37.2 Å². The van der Waals surface area contributed by atoms with E-state index in [4.69, 9.17) is 21.5 Å². The number of nitrogens with zero attached hydrogens (tertiary/aromatic N) is 2. The van der Waals surface area contributed by atoms with E-state index in [1.54, 1.807) is 24.3 Å². The van der Waals surface area contributed by atoms with E-state index in [0.717, 1.165) is 11.1 Å². The van der Waals surface area contributed by atoms with Crippen LogP contribution in [-0.2, 0) is 4.74 Å². The van der Waals surface area contributed by atoms with Gasteiger partial charge in [0.25, 0.3) is 0 Å². The first-order valence-electron chi connectivity index (χ1n) is 7.81. The molecule has 0 amide bonds. The molecule has 3 rings (SSSR count). The third-order valence-corrected chi connectivity index (χ3v) is 3.94. The van der Waals surface area contributed by atoms with Gasteiger partial charge >= 0.3 is 5.97 Å². The van der Waals surface area contributed by atoms with E-state index >= 15 is 0 Å². The molecule has 0 bridgehead atoms. The molecule has 26 heavy (non-hydrogen) atoms. The minimum Gasteiger partial charge on any atom is -0.465 e. The van der Waals surface area contributed by atoms with Crippen molar-refractivity contribution in [3.05, 3.63) is 48.0 Å². The summed E-state index contributed by atoms with van der Waals surface area (Å²) in [6.45, 7) is 0. The van der Waals surface area contributed by atoms with Crippen LogP contribution < -0.4 is 15.5 Å². The van der Waals surface area contributed by atoms with Crippen LogP contribution in [0.15, 0.2) is 47.0 Å². The molecule has 3 aromatic rings. The van der Waals surface area contributed by atoms with Crippen molar-refractivity contribution in [2.75, 3.05) is 36.7 Å². The number of methoxy groups -OCH3 is 1. The van der Waals surface area contributed by atoms with Gasteiger partial charge in [0.15, 0.2) is 16.5 Å². The number of hydrogen-bond donors (Lipinski definition) is 2. The van der Waals surface area contributed by atoms with E-state index in [2.05, 4.69) is 15.8 Å². The van der Waals surface area contributed by atoms with E-state index < -0.39 is 5.97 Å². The van der Waals surface area contributed by atoms with Gasteiger partial charge in [-0.2, -0.15) is 0 Å². The summed E-state index contributed by atoms with van der Waals surface area (Å²) in [6.07, 6.45) is 0. The van der Waals surface area contributed by atoms with Crippen LogP contribution in [0.1, 0.15) is 10.4 Å². The van der Waals surface area contributed by atoms with E-state index in [1.165, 1.54) is 7.11 Å². The number of rotatable bonds is 4. The highest BCUT2D eigenvalue weighted by molar-refractivity contribution is 7.80. The Hall–Kier alpha value is -3.13. The Morgan fingerprint density at radius 1 is 1.19 bits per heavy atom. The van der Waals surface area contributed by atoms with Crippen LogP contribution >= 0.6 is 12.2 Å². The Labute approximate surface area is 155 Å². The molecule has 7 nitrogen and oxygen atoms in total. The average molecular weight is 370 g/mol. The number of carbonyl (C=O) groups excluding carboxylic acids is 1. The van der Waals surface area contributed by atoms with Gasteiger partial charge in [0.2, 0.25) is 0 Å². The summed E-state index contributed by atoms with van der Waals surface area (Å²) < 4.78 is 10.1. The van der Waals surface area contributed by atoms with Crippen LogP contribution in [0.25, 0.3) is 11.0 Å². The molecule has 0 unspecified atom stereocenters. The quantitative estimate of drug-likeness (QED) is 0.534. The maximum atomic E-state index is 11.6. The van der Waals surface area contributed by atoms with Gasteiger partial charge in [-0.3, -0.25) is 0 Å². The molecule has 2 N–H and O–H groups in total. The van der Waals surface area contributed by atoms with Crippen molar-refractivity contribution in [2.45, 2.75) is 0 Å². The number of nitrogens with one attached hydrogen (secondary N) is 2. The molecule has 0 aliphatic carbocycles. The lowest BCUT2D eigenvalue weighted by atomic mass is 10.2. The molecule has 1 heterocycles. The molecule has 0 radical (unpaired) electrons. The van der Waals surface area contributed by atoms with Crippen molar-refractivity contribution in [3.8, 4) is 0 Å². The van der Waals surface area contributed by atoms with Gasteiger partial charge in [0.1, 0.15) is 0 Å². The SMILES string of the molecule is COC(=O)c1cccc(NC(=S)Nc2noc3cccc(N(C)C)c23)c1. The van der Waals surface area contributed by atoms with Crippen molar-refractivity contribution < 1.29 is 14.1 Å². The summed E-state index contributed by atoms with van der Waals surface area (Å²) in [5.74, 6) is 0.108. The van der Waals surface area contributed by atoms with Gasteiger partial charge in [0.05, 0.1) is 23.7 Å². The standard InChI is InChI=1S/C18H18N4O3S/c1-22(2)13-8-5-9-14-15(13)16(21-25-14)20-18(26)19-12-7-4-6-11(10-12)17(23)24-3/h4-10H,1-3H3,(H2,19,20,21,26). The van der Waals surface area contributed by atoms with Crippen molar-refractivity contribution >= 4 is 51.5 Å². The molecule has 0 fully saturated rings. The second kappa shape index (κ2) is 7.40. The number of thiocarbonyl (C=S) groups is 1. The van der Waals surface area contributed by atoms with Gasteiger partial charge in [-0.25, -0.2) is 4.79 Å². The lowest BCUT2D eigenvalue weighted by Crippen LogP contribution is -2.20. The first-order valence-corrected chi connectivity index (χ1v) is 8.22. The third-order valence-electron chi connectivity index (χ3n) is 3.73. The molecule has 0 saturated heterocycles. The molecule has 0 aliphatic rings. The van der Waals surface area contributed by atoms with Crippen molar-refractivity contribution in [1.82, 2.24) is 5.16 Å². The van der Waals surface area contributed by atoms with Crippen LogP contribution in [0.3, 0.4) is 0 Å². The molecule has 0 aliphatic heterocycles. The van der Waals surface area contributed by atoms with E-state index in [0.29, 0.717) is 27.8 Å². The minimum atomic E-state index is -0.411. The van der Waals surface area contributed by atoms with Crippen molar-refractivity contribution in [2.24, 2.45) is 0 Å². The topological polar surface area (TPSA) is 79.6 Å². The average Bonchev–Trinajstić information content (AvgIpc) is 3.04. The van der Waals surface area contributed by atoms with Gasteiger partial charge in [-0.05, 0) is 42.5 Å². The number of anilines is 3. The zero-order valence-corrected chi connectivity index (χ0v) is 15.4. The maximum Gasteiger partial charge on any atom is 0.337 e. The van der Waals surface area contributed by atoms with E-state index in [-0.39, 0.29) is 0 Å². The van der Waals surface area contributed by atoms with Gasteiger partial charge in [0, 0.05) is 19.8 Å². The normalized spacial score (nSPS) is 10.4. The Morgan fingerprint density at radius 2 is 1.96 bits per heavy atom. The molecular weight excluding hydrogens is 352 g/mol. The number of fused-ring (bicyclic) bond motifs is 1. The predicted molar refractivity (Wildman–Crippen MR) is 106 cm³/mol. The van der Waals surface area contributed by atoms with Crippen LogP contribution in [0.5, 0.6) is 0 Å². The lowest BCUT2D eigenvalue weighted by Gasteiger charge is -2.14. The van der Waals surface area contributed by atoms with E-state index in [9.17, 15) is 4.79 Å². The van der Waals surface area contributed by atoms with Crippen LogP contribution in [0, 0.1) is 0 Å². The summed E-state index contributed by atoms with van der Waals surface area (Å²) in [5.41, 5.74) is 2.71. The molecule has 0 atom stereocenters. The number of aromatic nitrogens is 1. The van der Waals surface area contributed by atoms with Gasteiger partial charge in [-0.1, -0.05) is 17.3 Å². The Bertz CT molecular complexity index is 968. The number of ether oxygens (including phenoxy) is 1. The smallest absolute Gasteiger partial charge is 0.337 e. The second-order valence-electron chi connectivity index (χ2n) is 5.73. The summed E-state index contributed by atoms with van der Waals surface area (Å²) in [7, 11) is 5.23. The molecular formula is C18H18N4O3S. The van der Waals surface area contributed by atoms with Crippen LogP contribution in [0.2, 0.25) is 0 Å². The van der Waals surface area contributed by atoms with Gasteiger partial charge in [-0.15, -0.1) is 0 Å². The monoisotopic (exact) mass is 370 g/mol. The third kappa shape index (κ3) is 3.60. The highest BCUT2D eigenvalue weighted by Crippen LogP contribution is 2.31. The lowest BCUT2D eigenvalue weighted by molar-refractivity contribution is 0.0601. The summed E-state index contributed by atoms with van der Waals surface area (Å²) >= 11 is 5.36. The Balaban J connectivity index is 1.81. The molecule has 134 valence electrons. The molecule has 2 aromatic carbocycles. The molecule has 0 saturated carbocycles. The number of carbonyl (C=O) groups is 1.